The minimum Gasteiger partial charge on any atom is -0.484 e. The van der Waals surface area contributed by atoms with E-state index in [2.05, 4.69) is 31.9 Å². The van der Waals surface area contributed by atoms with E-state index in [9.17, 15) is 9.59 Å². The first-order valence-corrected chi connectivity index (χ1v) is 8.54. The van der Waals surface area contributed by atoms with Gasteiger partial charge in [-0.2, -0.15) is 0 Å². The summed E-state index contributed by atoms with van der Waals surface area (Å²) >= 11 is 6.49. The van der Waals surface area contributed by atoms with E-state index in [0.29, 0.717) is 8.95 Å². The summed E-state index contributed by atoms with van der Waals surface area (Å²) in [5, 5.41) is 0. The Hall–Kier alpha value is -0.960. The van der Waals surface area contributed by atoms with Gasteiger partial charge in [0.05, 0.1) is 8.95 Å². The quantitative estimate of drug-likeness (QED) is 0.660. The van der Waals surface area contributed by atoms with Crippen LogP contribution in [0.5, 0.6) is 5.75 Å². The predicted octanol–water partition coefficient (Wildman–Crippen LogP) is 2.40. The molecule has 1 aromatic rings. The smallest absolute Gasteiger partial charge is 0.338 e. The lowest BCUT2D eigenvalue weighted by atomic mass is 10.1. The molecule has 2 heterocycles. The topological polar surface area (TPSA) is 71.1 Å². The Balaban J connectivity index is 1.78. The summed E-state index contributed by atoms with van der Waals surface area (Å²) in [7, 11) is 0. The molecule has 1 aromatic carbocycles. The highest BCUT2D eigenvalue weighted by Crippen LogP contribution is 2.36. The third kappa shape index (κ3) is 3.31. The fourth-order valence-corrected chi connectivity index (χ4v) is 3.32. The number of hydrogen-bond donors (Lipinski definition) is 0. The summed E-state index contributed by atoms with van der Waals surface area (Å²) in [4.78, 5) is 24.1. The molecule has 8 heteroatoms. The fraction of sp³-hybridized carbons (Fsp3) is 0.467. The zero-order chi connectivity index (χ0) is 16.8. The van der Waals surface area contributed by atoms with E-state index in [1.54, 1.807) is 32.0 Å². The van der Waals surface area contributed by atoms with Crippen molar-refractivity contribution in [3.05, 3.63) is 37.4 Å². The Labute approximate surface area is 149 Å². The van der Waals surface area contributed by atoms with Crippen molar-refractivity contribution in [1.82, 2.24) is 0 Å². The van der Waals surface area contributed by atoms with Gasteiger partial charge in [0.25, 0.3) is 0 Å². The summed E-state index contributed by atoms with van der Waals surface area (Å²) in [6, 6.07) is 5.04. The zero-order valence-corrected chi connectivity index (χ0v) is 15.5. The molecule has 0 aliphatic carbocycles. The van der Waals surface area contributed by atoms with Crippen LogP contribution in [-0.2, 0) is 19.0 Å². The maximum Gasteiger partial charge on any atom is 0.338 e. The highest BCUT2D eigenvalue weighted by molar-refractivity contribution is 9.11. The van der Waals surface area contributed by atoms with E-state index in [4.69, 9.17) is 18.9 Å². The number of ether oxygens (including phenoxy) is 4. The van der Waals surface area contributed by atoms with Crippen LogP contribution in [0.4, 0.5) is 0 Å². The molecule has 2 aliphatic heterocycles. The van der Waals surface area contributed by atoms with E-state index in [1.165, 1.54) is 0 Å². The molecule has 0 radical (unpaired) electrons. The summed E-state index contributed by atoms with van der Waals surface area (Å²) in [6.07, 6.45) is -1.94. The van der Waals surface area contributed by atoms with Crippen LogP contribution in [-0.4, -0.2) is 36.7 Å². The van der Waals surface area contributed by atoms with Gasteiger partial charge in [-0.25, -0.2) is 4.79 Å². The number of carbonyl (C=O) groups excluding carboxylic acids is 1. The average molecular weight is 450 g/mol. The third-order valence-corrected chi connectivity index (χ3v) is 4.76. The van der Waals surface area contributed by atoms with Crippen LogP contribution in [0.1, 0.15) is 13.8 Å². The molecular weight excluding hydrogens is 436 g/mol. The SMILES string of the molecule is CC1(C)O[C@@H]2[C@@H](COc3c(Br)cccc(Br)c3=O)OC(=O)[C@@H]2O1. The van der Waals surface area contributed by atoms with E-state index >= 15 is 0 Å². The number of hydrogen-bond acceptors (Lipinski definition) is 6. The lowest BCUT2D eigenvalue weighted by Crippen LogP contribution is -2.34. The van der Waals surface area contributed by atoms with Crippen LogP contribution >= 0.6 is 31.9 Å². The fourth-order valence-electron chi connectivity index (χ4n) is 2.54. The molecule has 23 heavy (non-hydrogen) atoms. The molecule has 6 nitrogen and oxygen atoms in total. The lowest BCUT2D eigenvalue weighted by molar-refractivity contribution is -0.188. The van der Waals surface area contributed by atoms with Crippen LogP contribution in [0.3, 0.4) is 0 Å². The van der Waals surface area contributed by atoms with Crippen LogP contribution < -0.4 is 10.2 Å². The highest BCUT2D eigenvalue weighted by atomic mass is 79.9. The van der Waals surface area contributed by atoms with Crippen molar-refractivity contribution in [2.45, 2.75) is 37.9 Å². The van der Waals surface area contributed by atoms with Crippen LogP contribution in [0, 0.1) is 0 Å². The second-order valence-corrected chi connectivity index (χ2v) is 7.40. The molecule has 3 rings (SSSR count). The summed E-state index contributed by atoms with van der Waals surface area (Å²) in [5.41, 5.74) is -0.299. The van der Waals surface area contributed by atoms with Crippen LogP contribution in [0.25, 0.3) is 0 Å². The summed E-state index contributed by atoms with van der Waals surface area (Å²) < 4.78 is 23.0. The predicted molar refractivity (Wildman–Crippen MR) is 87.3 cm³/mol. The Morgan fingerprint density at radius 3 is 2.61 bits per heavy atom. The Morgan fingerprint density at radius 1 is 1.17 bits per heavy atom. The first-order valence-electron chi connectivity index (χ1n) is 6.96. The molecule has 0 saturated carbocycles. The molecule has 0 aromatic heterocycles. The largest absolute Gasteiger partial charge is 0.484 e. The standard InChI is InChI=1S/C15H14Br2O6/c1-15(2)22-12-9(21-14(19)13(12)23-15)6-20-11-8(17)5-3-4-7(16)10(11)18/h3-5,9,12-13H,6H2,1-2H3/t9-,12-,13-/m1/s1. The first-order chi connectivity index (χ1) is 10.8. The van der Waals surface area contributed by atoms with Gasteiger partial charge in [0, 0.05) is 0 Å². The van der Waals surface area contributed by atoms with Crippen LogP contribution in [0.15, 0.2) is 31.9 Å². The van der Waals surface area contributed by atoms with Crippen LogP contribution in [0.2, 0.25) is 0 Å². The molecule has 2 saturated heterocycles. The van der Waals surface area contributed by atoms with Crippen molar-refractivity contribution >= 4 is 37.8 Å². The first kappa shape index (κ1) is 16.9. The summed E-state index contributed by atoms with van der Waals surface area (Å²) in [5.74, 6) is -1.19. The van der Waals surface area contributed by atoms with Gasteiger partial charge in [0.1, 0.15) is 12.7 Å². The molecule has 0 unspecified atom stereocenters. The number of cyclic esters (lactones) is 1. The van der Waals surface area contributed by atoms with Crippen molar-refractivity contribution in [3.8, 4) is 5.75 Å². The minimum atomic E-state index is -0.848. The van der Waals surface area contributed by atoms with Gasteiger partial charge in [-0.05, 0) is 57.8 Å². The number of carbonyl (C=O) groups is 1. The maximum atomic E-state index is 12.2. The molecule has 3 atom stereocenters. The van der Waals surface area contributed by atoms with E-state index in [-0.39, 0.29) is 17.8 Å². The molecular formula is C15H14Br2O6. The second-order valence-electron chi connectivity index (χ2n) is 5.69. The number of fused-ring (bicyclic) bond motifs is 1. The summed E-state index contributed by atoms with van der Waals surface area (Å²) in [6.45, 7) is 3.46. The van der Waals surface area contributed by atoms with Crippen molar-refractivity contribution < 1.29 is 23.7 Å². The van der Waals surface area contributed by atoms with Gasteiger partial charge >= 0.3 is 5.97 Å². The normalized spacial score (nSPS) is 28.3. The Bertz CT molecular complexity index is 705. The molecule has 0 N–H and O–H groups in total. The van der Waals surface area contributed by atoms with Gasteiger partial charge in [-0.3, -0.25) is 4.79 Å². The van der Waals surface area contributed by atoms with Gasteiger partial charge < -0.3 is 18.9 Å². The Morgan fingerprint density at radius 2 is 1.87 bits per heavy atom. The number of rotatable bonds is 3. The Kier molecular flexibility index (Phi) is 4.52. The van der Waals surface area contributed by atoms with E-state index in [0.717, 1.165) is 0 Å². The molecule has 0 amide bonds. The van der Waals surface area contributed by atoms with Gasteiger partial charge in [-0.1, -0.05) is 6.07 Å². The second kappa shape index (κ2) is 6.16. The van der Waals surface area contributed by atoms with Gasteiger partial charge in [0.15, 0.2) is 23.7 Å². The van der Waals surface area contributed by atoms with E-state index < -0.39 is 30.1 Å². The van der Waals surface area contributed by atoms with Crippen molar-refractivity contribution in [3.63, 3.8) is 0 Å². The molecule has 2 aliphatic rings. The van der Waals surface area contributed by atoms with Crippen molar-refractivity contribution in [2.75, 3.05) is 6.61 Å². The highest BCUT2D eigenvalue weighted by Gasteiger charge is 2.56. The van der Waals surface area contributed by atoms with Gasteiger partial charge in [0.2, 0.25) is 5.43 Å². The molecule has 0 bridgehead atoms. The maximum absolute atomic E-state index is 12.2. The molecule has 0 spiro atoms. The molecule has 124 valence electrons. The van der Waals surface area contributed by atoms with Crippen molar-refractivity contribution in [2.24, 2.45) is 0 Å². The number of halogens is 2. The third-order valence-electron chi connectivity index (χ3n) is 3.51. The monoisotopic (exact) mass is 448 g/mol. The minimum absolute atomic E-state index is 0.00333. The molecule has 2 fully saturated rings. The number of esters is 1. The van der Waals surface area contributed by atoms with Gasteiger partial charge in [-0.15, -0.1) is 0 Å². The van der Waals surface area contributed by atoms with Crippen molar-refractivity contribution in [1.29, 1.82) is 0 Å². The zero-order valence-electron chi connectivity index (χ0n) is 12.4. The van der Waals surface area contributed by atoms with E-state index in [1.807, 2.05) is 0 Å². The lowest BCUT2D eigenvalue weighted by Gasteiger charge is -2.21. The average Bonchev–Trinajstić information content (AvgIpc) is 2.89.